The van der Waals surface area contributed by atoms with Crippen LogP contribution in [0.2, 0.25) is 0 Å². The van der Waals surface area contributed by atoms with Crippen molar-refractivity contribution in [2.45, 2.75) is 19.3 Å². The molecule has 120 valence electrons. The van der Waals surface area contributed by atoms with E-state index in [0.717, 1.165) is 43.1 Å². The minimum absolute atomic E-state index is 0.286. The predicted octanol–water partition coefficient (Wildman–Crippen LogP) is 3.73. The molecule has 0 unspecified atom stereocenters. The Kier molecular flexibility index (Phi) is 6.19. The van der Waals surface area contributed by atoms with E-state index in [1.807, 2.05) is 37.2 Å². The normalized spacial score (nSPS) is 14.0. The molecule has 1 aliphatic heterocycles. The van der Waals surface area contributed by atoms with E-state index >= 15 is 0 Å². The van der Waals surface area contributed by atoms with Crippen LogP contribution in [0.4, 0.5) is 11.4 Å². The van der Waals surface area contributed by atoms with Crippen molar-refractivity contribution in [1.29, 1.82) is 0 Å². The van der Waals surface area contributed by atoms with E-state index < -0.39 is 0 Å². The summed E-state index contributed by atoms with van der Waals surface area (Å²) in [5.74, 6) is 0.870. The molecule has 4 nitrogen and oxygen atoms in total. The maximum absolute atomic E-state index is 12.0. The predicted molar refractivity (Wildman–Crippen MR) is 94.9 cm³/mol. The van der Waals surface area contributed by atoms with Gasteiger partial charge in [-0.1, -0.05) is 6.08 Å². The highest BCUT2D eigenvalue weighted by Crippen LogP contribution is 2.33. The van der Waals surface area contributed by atoms with E-state index in [9.17, 15) is 4.79 Å². The van der Waals surface area contributed by atoms with Gasteiger partial charge < -0.3 is 13.9 Å². The van der Waals surface area contributed by atoms with Crippen LogP contribution in [0.1, 0.15) is 29.6 Å². The number of allylic oxidation sites excluding steroid dienone is 1. The molecule has 0 atom stereocenters. The molecule has 0 saturated carbocycles. The van der Waals surface area contributed by atoms with Crippen molar-refractivity contribution in [2.24, 2.45) is 0 Å². The molecule has 0 amide bonds. The maximum Gasteiger partial charge on any atom is 0.339 e. The molecular weight excluding hydrogens is 296 g/mol. The van der Waals surface area contributed by atoms with E-state index in [1.54, 1.807) is 0 Å². The van der Waals surface area contributed by atoms with Crippen LogP contribution in [-0.2, 0) is 4.74 Å². The zero-order valence-electron chi connectivity index (χ0n) is 13.4. The lowest BCUT2D eigenvalue weighted by Crippen LogP contribution is -2.22. The average Bonchev–Trinajstić information content (AvgIpc) is 3.08. The summed E-state index contributed by atoms with van der Waals surface area (Å²) in [6, 6.07) is 5.98. The van der Waals surface area contributed by atoms with Gasteiger partial charge in [0.2, 0.25) is 0 Å². The summed E-state index contributed by atoms with van der Waals surface area (Å²) in [7, 11) is 3.44. The van der Waals surface area contributed by atoms with Gasteiger partial charge in [-0.05, 0) is 49.4 Å². The second-order valence-electron chi connectivity index (χ2n) is 5.33. The lowest BCUT2D eigenvalue weighted by molar-refractivity contribution is 0.0601. The topological polar surface area (TPSA) is 32.8 Å². The smallest absolute Gasteiger partial charge is 0.339 e. The molecule has 1 aliphatic rings. The van der Waals surface area contributed by atoms with Gasteiger partial charge in [0.15, 0.2) is 0 Å². The lowest BCUT2D eigenvalue weighted by atomic mass is 10.1. The quantitative estimate of drug-likeness (QED) is 0.331. The largest absolute Gasteiger partial charge is 0.465 e. The second kappa shape index (κ2) is 8.13. The Balaban J connectivity index is 2.25. The van der Waals surface area contributed by atoms with Crippen molar-refractivity contribution in [2.75, 3.05) is 42.2 Å². The standard InChI is InChI=1S/C17H24N2O2S/c1-4-5-6-10-18(2)16-13-14(19-11-7-12-22-19)8-9-15(16)17(20)21-3/h4,8-9,13H,1,5-7,10-12H2,2-3H3. The van der Waals surface area contributed by atoms with Crippen molar-refractivity contribution in [1.82, 2.24) is 0 Å². The van der Waals surface area contributed by atoms with E-state index in [1.165, 1.54) is 13.5 Å². The zero-order valence-corrected chi connectivity index (χ0v) is 14.2. The van der Waals surface area contributed by atoms with Gasteiger partial charge in [-0.3, -0.25) is 0 Å². The number of rotatable bonds is 7. The first-order valence-electron chi connectivity index (χ1n) is 7.62. The summed E-state index contributed by atoms with van der Waals surface area (Å²) in [6.07, 6.45) is 5.11. The third-order valence-corrected chi connectivity index (χ3v) is 4.92. The molecule has 1 aromatic rings. The Morgan fingerprint density at radius 3 is 3.00 bits per heavy atom. The zero-order chi connectivity index (χ0) is 15.9. The number of carbonyl (C=O) groups is 1. The number of esters is 1. The van der Waals surface area contributed by atoms with E-state index in [4.69, 9.17) is 4.74 Å². The summed E-state index contributed by atoms with van der Waals surface area (Å²) in [5.41, 5.74) is 2.71. The van der Waals surface area contributed by atoms with E-state index in [0.29, 0.717) is 5.56 Å². The third kappa shape index (κ3) is 3.97. The number of carbonyl (C=O) groups excluding carboxylic acids is 1. The fourth-order valence-corrected chi connectivity index (χ4v) is 3.52. The van der Waals surface area contributed by atoms with Crippen LogP contribution in [0.15, 0.2) is 30.9 Å². The molecule has 0 bridgehead atoms. The summed E-state index contributed by atoms with van der Waals surface area (Å²) in [4.78, 5) is 14.1. The summed E-state index contributed by atoms with van der Waals surface area (Å²) < 4.78 is 7.21. The van der Waals surface area contributed by atoms with Crippen LogP contribution in [0, 0.1) is 0 Å². The monoisotopic (exact) mass is 320 g/mol. The maximum atomic E-state index is 12.0. The van der Waals surface area contributed by atoms with Crippen LogP contribution in [0.25, 0.3) is 0 Å². The number of hydrogen-bond donors (Lipinski definition) is 0. The number of nitrogens with zero attached hydrogens (tertiary/aromatic N) is 2. The molecule has 0 N–H and O–H groups in total. The van der Waals surface area contributed by atoms with Gasteiger partial charge in [-0.15, -0.1) is 6.58 Å². The van der Waals surface area contributed by atoms with Crippen LogP contribution < -0.4 is 9.21 Å². The summed E-state index contributed by atoms with van der Waals surface area (Å²) in [6.45, 7) is 5.69. The minimum Gasteiger partial charge on any atom is -0.465 e. The van der Waals surface area contributed by atoms with Crippen molar-refractivity contribution in [3.8, 4) is 0 Å². The Hall–Kier alpha value is -1.62. The Bertz CT molecular complexity index is 527. The Morgan fingerprint density at radius 1 is 1.55 bits per heavy atom. The molecule has 0 radical (unpaired) electrons. The highest BCUT2D eigenvalue weighted by molar-refractivity contribution is 8.00. The third-order valence-electron chi connectivity index (χ3n) is 3.74. The van der Waals surface area contributed by atoms with Crippen molar-refractivity contribution in [3.63, 3.8) is 0 Å². The molecular formula is C17H24N2O2S. The number of unbranched alkanes of at least 4 members (excludes halogenated alkanes) is 1. The van der Waals surface area contributed by atoms with Crippen molar-refractivity contribution >= 4 is 29.3 Å². The number of ether oxygens (including phenoxy) is 1. The van der Waals surface area contributed by atoms with Crippen LogP contribution in [-0.4, -0.2) is 39.0 Å². The molecule has 1 saturated heterocycles. The number of anilines is 2. The number of benzene rings is 1. The van der Waals surface area contributed by atoms with Gasteiger partial charge in [0.25, 0.3) is 0 Å². The van der Waals surface area contributed by atoms with Crippen molar-refractivity contribution in [3.05, 3.63) is 36.4 Å². The fourth-order valence-electron chi connectivity index (χ4n) is 2.52. The number of hydrogen-bond acceptors (Lipinski definition) is 5. The van der Waals surface area contributed by atoms with Gasteiger partial charge in [0.1, 0.15) is 0 Å². The van der Waals surface area contributed by atoms with E-state index in [2.05, 4.69) is 21.9 Å². The molecule has 22 heavy (non-hydrogen) atoms. The van der Waals surface area contributed by atoms with Gasteiger partial charge >= 0.3 is 5.97 Å². The van der Waals surface area contributed by atoms with Gasteiger partial charge in [0, 0.05) is 31.6 Å². The first-order chi connectivity index (χ1) is 10.7. The average molecular weight is 320 g/mol. The Labute approximate surface area is 137 Å². The lowest BCUT2D eigenvalue weighted by Gasteiger charge is -2.24. The summed E-state index contributed by atoms with van der Waals surface area (Å²) in [5, 5.41) is 0. The van der Waals surface area contributed by atoms with Crippen LogP contribution in [0.3, 0.4) is 0 Å². The van der Waals surface area contributed by atoms with Crippen molar-refractivity contribution < 1.29 is 9.53 Å². The van der Waals surface area contributed by atoms with Crippen LogP contribution in [0.5, 0.6) is 0 Å². The minimum atomic E-state index is -0.286. The summed E-state index contributed by atoms with van der Waals surface area (Å²) >= 11 is 1.84. The molecule has 5 heteroatoms. The molecule has 0 aliphatic carbocycles. The van der Waals surface area contributed by atoms with E-state index in [-0.39, 0.29) is 5.97 Å². The van der Waals surface area contributed by atoms with Gasteiger partial charge in [-0.2, -0.15) is 0 Å². The second-order valence-corrected chi connectivity index (χ2v) is 6.44. The molecule has 1 heterocycles. The van der Waals surface area contributed by atoms with Crippen LogP contribution >= 0.6 is 11.9 Å². The molecule has 1 aromatic carbocycles. The molecule has 0 aromatic heterocycles. The van der Waals surface area contributed by atoms with Gasteiger partial charge in [0.05, 0.1) is 18.4 Å². The first kappa shape index (κ1) is 16.7. The molecule has 1 fully saturated rings. The SMILES string of the molecule is C=CCCCN(C)c1cc(N2CCCS2)ccc1C(=O)OC. The highest BCUT2D eigenvalue weighted by atomic mass is 32.2. The fraction of sp³-hybridized carbons (Fsp3) is 0.471. The molecule has 2 rings (SSSR count). The Morgan fingerprint density at radius 2 is 2.36 bits per heavy atom. The van der Waals surface area contributed by atoms with Gasteiger partial charge in [-0.25, -0.2) is 4.79 Å². The highest BCUT2D eigenvalue weighted by Gasteiger charge is 2.19. The number of methoxy groups -OCH3 is 1. The molecule has 0 spiro atoms. The first-order valence-corrected chi connectivity index (χ1v) is 8.56.